The van der Waals surface area contributed by atoms with Crippen LogP contribution in [0.5, 0.6) is 0 Å². The maximum absolute atomic E-state index is 6.07. The lowest BCUT2D eigenvalue weighted by Crippen LogP contribution is -2.34. The summed E-state index contributed by atoms with van der Waals surface area (Å²) in [7, 11) is 0. The molecule has 2 N–H and O–H groups in total. The van der Waals surface area contributed by atoms with Crippen LogP contribution in [0.4, 0.5) is 0 Å². The molecule has 1 aromatic rings. The van der Waals surface area contributed by atoms with E-state index in [1.54, 1.807) is 0 Å². The van der Waals surface area contributed by atoms with Crippen molar-refractivity contribution in [3.63, 3.8) is 0 Å². The first-order valence-corrected chi connectivity index (χ1v) is 6.16. The van der Waals surface area contributed by atoms with Crippen molar-refractivity contribution >= 4 is 15.9 Å². The van der Waals surface area contributed by atoms with E-state index in [-0.39, 0.29) is 5.54 Å². The van der Waals surface area contributed by atoms with Crippen molar-refractivity contribution in [2.24, 2.45) is 5.73 Å². The van der Waals surface area contributed by atoms with Gasteiger partial charge >= 0.3 is 0 Å². The second-order valence-electron chi connectivity index (χ2n) is 5.16. The molecular formula is C13H20BrN. The molecule has 0 radical (unpaired) electrons. The van der Waals surface area contributed by atoms with Gasteiger partial charge in [0.05, 0.1) is 0 Å². The summed E-state index contributed by atoms with van der Waals surface area (Å²) in [4.78, 5) is 0. The fourth-order valence-corrected chi connectivity index (χ4v) is 2.19. The summed E-state index contributed by atoms with van der Waals surface area (Å²) >= 11 is 3.51. The topological polar surface area (TPSA) is 26.0 Å². The Morgan fingerprint density at radius 2 is 1.93 bits per heavy atom. The number of rotatable bonds is 3. The molecule has 0 spiro atoms. The summed E-state index contributed by atoms with van der Waals surface area (Å²) in [5.41, 5.74) is 8.68. The lowest BCUT2D eigenvalue weighted by atomic mass is 9.89. The van der Waals surface area contributed by atoms with Crippen LogP contribution in [0.25, 0.3) is 0 Å². The predicted octanol–water partition coefficient (Wildman–Crippen LogP) is 3.85. The molecule has 0 amide bonds. The van der Waals surface area contributed by atoms with E-state index in [2.05, 4.69) is 61.8 Å². The maximum atomic E-state index is 6.07. The Labute approximate surface area is 101 Å². The van der Waals surface area contributed by atoms with E-state index in [1.807, 2.05) is 0 Å². The van der Waals surface area contributed by atoms with Gasteiger partial charge in [-0.2, -0.15) is 0 Å². The average molecular weight is 270 g/mol. The van der Waals surface area contributed by atoms with E-state index < -0.39 is 0 Å². The van der Waals surface area contributed by atoms with E-state index >= 15 is 0 Å². The maximum Gasteiger partial charge on any atom is 0.0178 e. The van der Waals surface area contributed by atoms with Gasteiger partial charge in [0.2, 0.25) is 0 Å². The van der Waals surface area contributed by atoms with Gasteiger partial charge in [-0.25, -0.2) is 0 Å². The minimum Gasteiger partial charge on any atom is -0.325 e. The summed E-state index contributed by atoms with van der Waals surface area (Å²) in [5.74, 6) is 0.551. The van der Waals surface area contributed by atoms with E-state index in [0.29, 0.717) is 5.92 Å². The zero-order valence-corrected chi connectivity index (χ0v) is 11.6. The van der Waals surface area contributed by atoms with Crippen molar-refractivity contribution in [1.29, 1.82) is 0 Å². The average Bonchev–Trinajstić information content (AvgIpc) is 1.99. The van der Waals surface area contributed by atoms with Crippen LogP contribution in [0.3, 0.4) is 0 Å². The molecule has 0 heterocycles. The Kier molecular flexibility index (Phi) is 3.96. The first-order chi connectivity index (χ1) is 6.79. The summed E-state index contributed by atoms with van der Waals surface area (Å²) < 4.78 is 1.13. The number of hydrogen-bond donors (Lipinski definition) is 1. The third-order valence-electron chi connectivity index (χ3n) is 2.37. The van der Waals surface area contributed by atoms with Crippen LogP contribution < -0.4 is 5.73 Å². The largest absolute Gasteiger partial charge is 0.325 e. The van der Waals surface area contributed by atoms with Crippen LogP contribution in [0.1, 0.15) is 44.7 Å². The highest BCUT2D eigenvalue weighted by molar-refractivity contribution is 9.10. The Bertz CT molecular complexity index is 337. The monoisotopic (exact) mass is 269 g/mol. The zero-order valence-electron chi connectivity index (χ0n) is 9.97. The van der Waals surface area contributed by atoms with Crippen LogP contribution in [-0.4, -0.2) is 5.54 Å². The molecule has 1 aromatic carbocycles. The zero-order chi connectivity index (χ0) is 11.6. The molecule has 0 unspecified atom stereocenters. The number of nitrogens with two attached hydrogens (primary N) is 1. The predicted molar refractivity (Wildman–Crippen MR) is 70.2 cm³/mol. The molecule has 2 heteroatoms. The van der Waals surface area contributed by atoms with Crippen molar-refractivity contribution in [2.45, 2.75) is 45.6 Å². The molecule has 1 nitrogen and oxygen atoms in total. The fourth-order valence-electron chi connectivity index (χ4n) is 1.78. The smallest absolute Gasteiger partial charge is 0.0178 e. The van der Waals surface area contributed by atoms with Crippen molar-refractivity contribution in [1.82, 2.24) is 0 Å². The van der Waals surface area contributed by atoms with E-state index in [9.17, 15) is 0 Å². The third-order valence-corrected chi connectivity index (χ3v) is 2.87. The highest BCUT2D eigenvalue weighted by Crippen LogP contribution is 2.25. The molecule has 0 fully saturated rings. The minimum atomic E-state index is -0.148. The van der Waals surface area contributed by atoms with Gasteiger partial charge in [-0.05, 0) is 49.4 Å². The first kappa shape index (κ1) is 12.7. The van der Waals surface area contributed by atoms with E-state index in [1.165, 1.54) is 11.1 Å². The third kappa shape index (κ3) is 3.96. The molecule has 0 aliphatic heterocycles. The molecule has 84 valence electrons. The highest BCUT2D eigenvalue weighted by Gasteiger charge is 2.15. The fraction of sp³-hybridized carbons (Fsp3) is 0.538. The summed E-state index contributed by atoms with van der Waals surface area (Å²) in [6.07, 6.45) is 0.917. The van der Waals surface area contributed by atoms with Gasteiger partial charge in [0.25, 0.3) is 0 Å². The Morgan fingerprint density at radius 3 is 2.40 bits per heavy atom. The quantitative estimate of drug-likeness (QED) is 0.887. The van der Waals surface area contributed by atoms with Gasteiger partial charge in [-0.1, -0.05) is 35.8 Å². The second kappa shape index (κ2) is 4.67. The molecule has 0 saturated heterocycles. The van der Waals surface area contributed by atoms with Crippen LogP contribution in [-0.2, 0) is 6.42 Å². The van der Waals surface area contributed by atoms with Gasteiger partial charge in [0.1, 0.15) is 0 Å². The van der Waals surface area contributed by atoms with Crippen molar-refractivity contribution in [3.05, 3.63) is 33.8 Å². The van der Waals surface area contributed by atoms with E-state index in [4.69, 9.17) is 5.73 Å². The molecule has 0 saturated carbocycles. The van der Waals surface area contributed by atoms with Gasteiger partial charge in [0, 0.05) is 10.0 Å². The van der Waals surface area contributed by atoms with Gasteiger partial charge in [-0.3, -0.25) is 0 Å². The van der Waals surface area contributed by atoms with Gasteiger partial charge in [-0.15, -0.1) is 0 Å². The molecule has 0 aliphatic carbocycles. The normalized spacial score (nSPS) is 12.2. The molecular weight excluding hydrogens is 250 g/mol. The summed E-state index contributed by atoms with van der Waals surface area (Å²) in [5, 5.41) is 0. The number of hydrogen-bond acceptors (Lipinski definition) is 1. The van der Waals surface area contributed by atoms with Crippen molar-refractivity contribution in [3.8, 4) is 0 Å². The molecule has 0 aromatic heterocycles. The standard InChI is InChI=1S/C13H20BrN/c1-9(2)12-6-5-11(14)7-10(12)8-13(3,4)15/h5-7,9H,8,15H2,1-4H3. The second-order valence-corrected chi connectivity index (χ2v) is 6.08. The molecule has 0 bridgehead atoms. The van der Waals surface area contributed by atoms with E-state index in [0.717, 1.165) is 10.9 Å². The first-order valence-electron chi connectivity index (χ1n) is 5.37. The highest BCUT2D eigenvalue weighted by atomic mass is 79.9. The molecule has 0 atom stereocenters. The van der Waals surface area contributed by atoms with Crippen molar-refractivity contribution in [2.75, 3.05) is 0 Å². The van der Waals surface area contributed by atoms with Gasteiger partial charge < -0.3 is 5.73 Å². The van der Waals surface area contributed by atoms with Crippen LogP contribution >= 0.6 is 15.9 Å². The van der Waals surface area contributed by atoms with Crippen LogP contribution in [0.2, 0.25) is 0 Å². The van der Waals surface area contributed by atoms with Crippen molar-refractivity contribution < 1.29 is 0 Å². The molecule has 15 heavy (non-hydrogen) atoms. The lowest BCUT2D eigenvalue weighted by Gasteiger charge is -2.22. The molecule has 1 rings (SSSR count). The Hall–Kier alpha value is -0.340. The SMILES string of the molecule is CC(C)c1ccc(Br)cc1CC(C)(C)N. The lowest BCUT2D eigenvalue weighted by molar-refractivity contribution is 0.513. The number of benzene rings is 1. The number of halogens is 1. The molecule has 0 aliphatic rings. The van der Waals surface area contributed by atoms with Gasteiger partial charge in [0.15, 0.2) is 0 Å². The summed E-state index contributed by atoms with van der Waals surface area (Å²) in [6.45, 7) is 8.57. The Morgan fingerprint density at radius 1 is 1.33 bits per heavy atom. The van der Waals surface area contributed by atoms with Crippen LogP contribution in [0, 0.1) is 0 Å². The van der Waals surface area contributed by atoms with Crippen LogP contribution in [0.15, 0.2) is 22.7 Å². The summed E-state index contributed by atoms with van der Waals surface area (Å²) in [6, 6.07) is 6.47. The Balaban J connectivity index is 3.08. The minimum absolute atomic E-state index is 0.148.